The van der Waals surface area contributed by atoms with Crippen molar-refractivity contribution in [1.82, 2.24) is 9.97 Å². The van der Waals surface area contributed by atoms with Crippen molar-refractivity contribution in [2.45, 2.75) is 0 Å². The third kappa shape index (κ3) is 2.42. The second kappa shape index (κ2) is 5.53. The monoisotopic (exact) mass is 306 g/mol. The van der Waals surface area contributed by atoms with Gasteiger partial charge in [-0.3, -0.25) is 0 Å². The summed E-state index contributed by atoms with van der Waals surface area (Å²) in [5.74, 6) is 2.94. The molecular formula is C18H14N2O3. The highest BCUT2D eigenvalue weighted by Gasteiger charge is 2.18. The molecular weight excluding hydrogens is 292 g/mol. The van der Waals surface area contributed by atoms with Crippen LogP contribution < -0.4 is 4.74 Å². The van der Waals surface area contributed by atoms with E-state index in [1.807, 2.05) is 48.5 Å². The number of ether oxygens (including phenoxy) is 1. The topological polar surface area (TPSA) is 64.2 Å². The van der Waals surface area contributed by atoms with Gasteiger partial charge in [-0.1, -0.05) is 0 Å². The van der Waals surface area contributed by atoms with E-state index in [0.717, 1.165) is 28.5 Å². The summed E-state index contributed by atoms with van der Waals surface area (Å²) in [6.45, 7) is 0. The van der Waals surface area contributed by atoms with Gasteiger partial charge in [0.25, 0.3) is 0 Å². The van der Waals surface area contributed by atoms with Gasteiger partial charge in [0.1, 0.15) is 23.0 Å². The molecule has 5 nitrogen and oxygen atoms in total. The first-order chi connectivity index (χ1) is 11.3. The number of methoxy groups -OCH3 is 1. The van der Waals surface area contributed by atoms with Gasteiger partial charge in [0.05, 0.1) is 19.6 Å². The minimum absolute atomic E-state index is 0.687. The molecule has 0 radical (unpaired) electrons. The number of benzene rings is 1. The summed E-state index contributed by atoms with van der Waals surface area (Å²) in [4.78, 5) is 8.00. The van der Waals surface area contributed by atoms with E-state index < -0.39 is 0 Å². The molecule has 1 N–H and O–H groups in total. The van der Waals surface area contributed by atoms with Crippen molar-refractivity contribution >= 4 is 0 Å². The molecule has 5 heteroatoms. The zero-order valence-corrected chi connectivity index (χ0v) is 12.4. The second-order valence-electron chi connectivity index (χ2n) is 4.99. The molecule has 0 amide bonds. The van der Waals surface area contributed by atoms with Gasteiger partial charge >= 0.3 is 0 Å². The predicted octanol–water partition coefficient (Wildman–Crippen LogP) is 4.61. The summed E-state index contributed by atoms with van der Waals surface area (Å²) in [7, 11) is 1.64. The standard InChI is InChI=1S/C18H14N2O3/c1-21-13-8-6-12(7-9-13)18-19-16(14-4-2-10-22-14)17(20-18)15-5-3-11-23-15/h2-11H,1H3,(H,19,20). The molecule has 1 aromatic carbocycles. The highest BCUT2D eigenvalue weighted by Crippen LogP contribution is 2.33. The molecule has 0 unspecified atom stereocenters. The fourth-order valence-corrected chi connectivity index (χ4v) is 2.45. The van der Waals surface area contributed by atoms with Gasteiger partial charge in [-0.05, 0) is 48.5 Å². The summed E-state index contributed by atoms with van der Waals surface area (Å²) in [5.41, 5.74) is 2.46. The molecule has 3 heterocycles. The number of aromatic amines is 1. The first-order valence-electron chi connectivity index (χ1n) is 7.17. The van der Waals surface area contributed by atoms with Crippen LogP contribution in [0.15, 0.2) is 69.9 Å². The van der Waals surface area contributed by atoms with E-state index in [4.69, 9.17) is 13.6 Å². The van der Waals surface area contributed by atoms with Gasteiger partial charge in [-0.2, -0.15) is 0 Å². The lowest BCUT2D eigenvalue weighted by Gasteiger charge is -2.00. The smallest absolute Gasteiger partial charge is 0.154 e. The van der Waals surface area contributed by atoms with E-state index in [1.165, 1.54) is 0 Å². The number of nitrogens with zero attached hydrogens (tertiary/aromatic N) is 1. The molecule has 0 atom stereocenters. The highest BCUT2D eigenvalue weighted by molar-refractivity contribution is 5.76. The number of hydrogen-bond donors (Lipinski definition) is 1. The van der Waals surface area contributed by atoms with Gasteiger partial charge in [0, 0.05) is 5.56 Å². The number of H-pyrrole nitrogens is 1. The number of nitrogens with one attached hydrogen (secondary N) is 1. The number of aromatic nitrogens is 2. The largest absolute Gasteiger partial charge is 0.497 e. The molecule has 4 aromatic rings. The molecule has 0 saturated carbocycles. The molecule has 114 valence electrons. The maximum absolute atomic E-state index is 5.51. The zero-order valence-electron chi connectivity index (χ0n) is 12.4. The minimum atomic E-state index is 0.687. The molecule has 4 rings (SSSR count). The number of imidazole rings is 1. The Morgan fingerprint density at radius 3 is 2.22 bits per heavy atom. The van der Waals surface area contributed by atoms with E-state index in [-0.39, 0.29) is 0 Å². The second-order valence-corrected chi connectivity index (χ2v) is 4.99. The first-order valence-corrected chi connectivity index (χ1v) is 7.17. The minimum Gasteiger partial charge on any atom is -0.497 e. The van der Waals surface area contributed by atoms with Gasteiger partial charge in [0.2, 0.25) is 0 Å². The number of hydrogen-bond acceptors (Lipinski definition) is 4. The molecule has 3 aromatic heterocycles. The van der Waals surface area contributed by atoms with E-state index in [2.05, 4.69) is 9.97 Å². The Hall–Kier alpha value is -3.21. The Bertz CT molecular complexity index is 837. The lowest BCUT2D eigenvalue weighted by Crippen LogP contribution is -1.84. The summed E-state index contributed by atoms with van der Waals surface area (Å²) in [5, 5.41) is 0. The van der Waals surface area contributed by atoms with Crippen molar-refractivity contribution in [1.29, 1.82) is 0 Å². The van der Waals surface area contributed by atoms with Crippen LogP contribution in [-0.4, -0.2) is 17.1 Å². The number of furan rings is 2. The third-order valence-electron chi connectivity index (χ3n) is 3.59. The average molecular weight is 306 g/mol. The van der Waals surface area contributed by atoms with Crippen molar-refractivity contribution in [2.75, 3.05) is 7.11 Å². The molecule has 23 heavy (non-hydrogen) atoms. The number of rotatable bonds is 4. The van der Waals surface area contributed by atoms with E-state index in [9.17, 15) is 0 Å². The Kier molecular flexibility index (Phi) is 3.24. The van der Waals surface area contributed by atoms with Crippen LogP contribution >= 0.6 is 0 Å². The highest BCUT2D eigenvalue weighted by atomic mass is 16.5. The third-order valence-corrected chi connectivity index (χ3v) is 3.59. The Morgan fingerprint density at radius 1 is 0.913 bits per heavy atom. The first kappa shape index (κ1) is 13.5. The van der Waals surface area contributed by atoms with Crippen molar-refractivity contribution in [2.24, 2.45) is 0 Å². The maximum atomic E-state index is 5.51. The van der Waals surface area contributed by atoms with Gasteiger partial charge in [-0.15, -0.1) is 0 Å². The molecule has 0 aliphatic carbocycles. The van der Waals surface area contributed by atoms with Crippen LogP contribution in [0.1, 0.15) is 0 Å². The van der Waals surface area contributed by atoms with Crippen LogP contribution in [0.3, 0.4) is 0 Å². The van der Waals surface area contributed by atoms with Crippen molar-refractivity contribution in [3.05, 3.63) is 61.1 Å². The van der Waals surface area contributed by atoms with Crippen LogP contribution in [-0.2, 0) is 0 Å². The maximum Gasteiger partial charge on any atom is 0.154 e. The predicted molar refractivity (Wildman–Crippen MR) is 86.0 cm³/mol. The quantitative estimate of drug-likeness (QED) is 0.598. The molecule has 0 spiro atoms. The lowest BCUT2D eigenvalue weighted by molar-refractivity contribution is 0.415. The van der Waals surface area contributed by atoms with Gasteiger partial charge in [-0.25, -0.2) is 4.98 Å². The molecule has 0 fully saturated rings. The van der Waals surface area contributed by atoms with Crippen LogP contribution in [0.4, 0.5) is 0 Å². The Morgan fingerprint density at radius 2 is 1.61 bits per heavy atom. The molecule has 0 aliphatic heterocycles. The fourth-order valence-electron chi connectivity index (χ4n) is 2.45. The normalized spacial score (nSPS) is 10.8. The van der Waals surface area contributed by atoms with Crippen molar-refractivity contribution in [3.8, 4) is 40.0 Å². The average Bonchev–Trinajstić information content (AvgIpc) is 3.34. The van der Waals surface area contributed by atoms with Gasteiger partial charge in [0.15, 0.2) is 11.5 Å². The fraction of sp³-hybridized carbons (Fsp3) is 0.0556. The summed E-state index contributed by atoms with van der Waals surface area (Å²) >= 11 is 0. The van der Waals surface area contributed by atoms with Crippen LogP contribution in [0.2, 0.25) is 0 Å². The SMILES string of the molecule is COc1ccc(-c2nc(-c3ccco3)c(-c3ccco3)[nH]2)cc1. The molecule has 0 saturated heterocycles. The summed E-state index contributed by atoms with van der Waals surface area (Å²) in [6.07, 6.45) is 3.26. The van der Waals surface area contributed by atoms with Crippen LogP contribution in [0.25, 0.3) is 34.3 Å². The van der Waals surface area contributed by atoms with E-state index >= 15 is 0 Å². The van der Waals surface area contributed by atoms with Gasteiger partial charge < -0.3 is 18.6 Å². The Labute approximate surface area is 132 Å². The molecule has 0 bridgehead atoms. The van der Waals surface area contributed by atoms with E-state index in [0.29, 0.717) is 11.5 Å². The molecule has 0 aliphatic rings. The lowest BCUT2D eigenvalue weighted by atomic mass is 10.2. The summed E-state index contributed by atoms with van der Waals surface area (Å²) < 4.78 is 16.2. The van der Waals surface area contributed by atoms with E-state index in [1.54, 1.807) is 19.6 Å². The Balaban J connectivity index is 1.84. The van der Waals surface area contributed by atoms with Crippen molar-refractivity contribution < 1.29 is 13.6 Å². The zero-order chi connectivity index (χ0) is 15.6. The van der Waals surface area contributed by atoms with Crippen LogP contribution in [0, 0.1) is 0 Å². The summed E-state index contributed by atoms with van der Waals surface area (Å²) in [6, 6.07) is 15.1. The van der Waals surface area contributed by atoms with Crippen LogP contribution in [0.5, 0.6) is 5.75 Å². The van der Waals surface area contributed by atoms with Crippen molar-refractivity contribution in [3.63, 3.8) is 0 Å².